The molecule has 0 aliphatic heterocycles. The van der Waals surface area contributed by atoms with Crippen molar-refractivity contribution >= 4 is 5.91 Å². The Morgan fingerprint density at radius 1 is 1.21 bits per heavy atom. The molecule has 1 atom stereocenters. The molecule has 1 aromatic rings. The number of rotatable bonds is 5. The Morgan fingerprint density at radius 3 is 2.42 bits per heavy atom. The first-order valence-corrected chi connectivity index (χ1v) is 9.64. The SMILES string of the molecule is CCC(C)Oc1cccc(C(=O)NC23CC4CC(CC(C4)C2)C3)c1. The Balaban J connectivity index is 1.47. The molecular formula is C21H29NO2. The molecule has 1 unspecified atom stereocenters. The standard InChI is InChI=1S/C21H29NO2/c1-3-14(2)24-19-6-4-5-18(10-19)20(23)22-21-11-15-7-16(12-21)9-17(8-15)13-21/h4-6,10,14-17H,3,7-9,11-13H2,1-2H3,(H,22,23). The van der Waals surface area contributed by atoms with Gasteiger partial charge in [-0.15, -0.1) is 0 Å². The fraction of sp³-hybridized carbons (Fsp3) is 0.667. The number of nitrogens with one attached hydrogen (secondary N) is 1. The van der Waals surface area contributed by atoms with Crippen molar-refractivity contribution < 1.29 is 9.53 Å². The zero-order valence-corrected chi connectivity index (χ0v) is 14.9. The average molecular weight is 327 g/mol. The Kier molecular flexibility index (Phi) is 4.06. The Morgan fingerprint density at radius 2 is 1.83 bits per heavy atom. The lowest BCUT2D eigenvalue weighted by Gasteiger charge is -2.56. The van der Waals surface area contributed by atoms with Crippen LogP contribution >= 0.6 is 0 Å². The molecule has 130 valence electrons. The quantitative estimate of drug-likeness (QED) is 0.861. The van der Waals surface area contributed by atoms with E-state index in [2.05, 4.69) is 19.2 Å². The highest BCUT2D eigenvalue weighted by Crippen LogP contribution is 2.55. The number of hydrogen-bond acceptors (Lipinski definition) is 2. The summed E-state index contributed by atoms with van der Waals surface area (Å²) in [4.78, 5) is 12.9. The van der Waals surface area contributed by atoms with Gasteiger partial charge in [-0.05, 0) is 87.8 Å². The molecule has 0 spiro atoms. The third-order valence-corrected chi connectivity index (χ3v) is 6.43. The normalized spacial score (nSPS) is 34.8. The molecule has 0 aromatic heterocycles. The summed E-state index contributed by atoms with van der Waals surface area (Å²) in [6.45, 7) is 4.16. The molecule has 4 saturated carbocycles. The van der Waals surface area contributed by atoms with Gasteiger partial charge >= 0.3 is 0 Å². The maximum Gasteiger partial charge on any atom is 0.251 e. The summed E-state index contributed by atoms with van der Waals surface area (Å²) in [5.74, 6) is 3.40. The first kappa shape index (κ1) is 16.0. The molecule has 0 saturated heterocycles. The lowest BCUT2D eigenvalue weighted by molar-refractivity contribution is -0.0167. The van der Waals surface area contributed by atoms with Crippen LogP contribution < -0.4 is 10.1 Å². The van der Waals surface area contributed by atoms with Crippen molar-refractivity contribution in [2.75, 3.05) is 0 Å². The van der Waals surface area contributed by atoms with Gasteiger partial charge in [-0.1, -0.05) is 13.0 Å². The van der Waals surface area contributed by atoms with Crippen LogP contribution in [0.25, 0.3) is 0 Å². The number of benzene rings is 1. The molecular weight excluding hydrogens is 298 g/mol. The van der Waals surface area contributed by atoms with Crippen LogP contribution in [0.15, 0.2) is 24.3 Å². The number of amides is 1. The number of ether oxygens (including phenoxy) is 1. The van der Waals surface area contributed by atoms with Crippen LogP contribution in [0.4, 0.5) is 0 Å². The van der Waals surface area contributed by atoms with E-state index in [0.717, 1.165) is 35.5 Å². The third kappa shape index (κ3) is 3.05. The van der Waals surface area contributed by atoms with Crippen LogP contribution in [-0.4, -0.2) is 17.6 Å². The molecule has 1 aromatic carbocycles. The monoisotopic (exact) mass is 327 g/mol. The number of carbonyl (C=O) groups excluding carboxylic acids is 1. The molecule has 0 heterocycles. The van der Waals surface area contributed by atoms with Crippen LogP contribution in [0.2, 0.25) is 0 Å². The van der Waals surface area contributed by atoms with Gasteiger partial charge in [0.05, 0.1) is 6.10 Å². The first-order chi connectivity index (χ1) is 11.5. The van der Waals surface area contributed by atoms with E-state index in [0.29, 0.717) is 0 Å². The molecule has 3 nitrogen and oxygen atoms in total. The molecule has 5 rings (SSSR count). The Labute approximate surface area is 145 Å². The van der Waals surface area contributed by atoms with Gasteiger partial charge < -0.3 is 10.1 Å². The highest BCUT2D eigenvalue weighted by atomic mass is 16.5. The van der Waals surface area contributed by atoms with Crippen molar-refractivity contribution in [3.63, 3.8) is 0 Å². The fourth-order valence-corrected chi connectivity index (χ4v) is 5.60. The molecule has 24 heavy (non-hydrogen) atoms. The van der Waals surface area contributed by atoms with E-state index in [1.165, 1.54) is 38.5 Å². The topological polar surface area (TPSA) is 38.3 Å². The van der Waals surface area contributed by atoms with E-state index in [4.69, 9.17) is 4.74 Å². The van der Waals surface area contributed by atoms with Crippen molar-refractivity contribution in [1.29, 1.82) is 0 Å². The summed E-state index contributed by atoms with van der Waals surface area (Å²) in [7, 11) is 0. The molecule has 1 amide bonds. The summed E-state index contributed by atoms with van der Waals surface area (Å²) < 4.78 is 5.87. The van der Waals surface area contributed by atoms with E-state index in [9.17, 15) is 4.79 Å². The highest BCUT2D eigenvalue weighted by Gasteiger charge is 2.51. The lowest BCUT2D eigenvalue weighted by Crippen LogP contribution is -2.59. The van der Waals surface area contributed by atoms with Crippen molar-refractivity contribution in [2.24, 2.45) is 17.8 Å². The maximum absolute atomic E-state index is 12.9. The van der Waals surface area contributed by atoms with Gasteiger partial charge in [-0.25, -0.2) is 0 Å². The maximum atomic E-state index is 12.9. The van der Waals surface area contributed by atoms with E-state index in [1.54, 1.807) is 0 Å². The summed E-state index contributed by atoms with van der Waals surface area (Å²) in [6.07, 6.45) is 8.89. The molecule has 1 N–H and O–H groups in total. The van der Waals surface area contributed by atoms with Gasteiger partial charge in [-0.2, -0.15) is 0 Å². The average Bonchev–Trinajstić information content (AvgIpc) is 2.53. The van der Waals surface area contributed by atoms with Crippen LogP contribution in [0.5, 0.6) is 5.75 Å². The van der Waals surface area contributed by atoms with Crippen LogP contribution in [0.3, 0.4) is 0 Å². The van der Waals surface area contributed by atoms with Gasteiger partial charge in [0, 0.05) is 11.1 Å². The first-order valence-electron chi connectivity index (χ1n) is 9.64. The van der Waals surface area contributed by atoms with Crippen LogP contribution in [0.1, 0.15) is 69.2 Å². The van der Waals surface area contributed by atoms with Gasteiger partial charge in [0.2, 0.25) is 0 Å². The van der Waals surface area contributed by atoms with Gasteiger partial charge in [0.1, 0.15) is 5.75 Å². The van der Waals surface area contributed by atoms with E-state index in [1.807, 2.05) is 24.3 Å². The zero-order valence-electron chi connectivity index (χ0n) is 14.9. The predicted molar refractivity (Wildman–Crippen MR) is 95.2 cm³/mol. The summed E-state index contributed by atoms with van der Waals surface area (Å²) >= 11 is 0. The Bertz CT molecular complexity index is 589. The van der Waals surface area contributed by atoms with E-state index in [-0.39, 0.29) is 17.6 Å². The van der Waals surface area contributed by atoms with Crippen molar-refractivity contribution in [3.05, 3.63) is 29.8 Å². The minimum atomic E-state index is 0.0689. The van der Waals surface area contributed by atoms with E-state index < -0.39 is 0 Å². The second kappa shape index (κ2) is 6.09. The molecule has 4 fully saturated rings. The number of carbonyl (C=O) groups is 1. The van der Waals surface area contributed by atoms with Gasteiger partial charge in [0.25, 0.3) is 5.91 Å². The van der Waals surface area contributed by atoms with Crippen LogP contribution in [-0.2, 0) is 0 Å². The fourth-order valence-electron chi connectivity index (χ4n) is 5.60. The Hall–Kier alpha value is -1.51. The molecule has 0 radical (unpaired) electrons. The summed E-state index contributed by atoms with van der Waals surface area (Å²) in [6, 6.07) is 7.65. The predicted octanol–water partition coefficient (Wildman–Crippen LogP) is 4.56. The minimum Gasteiger partial charge on any atom is -0.491 e. The number of hydrogen-bond donors (Lipinski definition) is 1. The minimum absolute atomic E-state index is 0.0689. The van der Waals surface area contributed by atoms with Gasteiger partial charge in [0.15, 0.2) is 0 Å². The molecule has 4 aliphatic carbocycles. The highest BCUT2D eigenvalue weighted by molar-refractivity contribution is 5.95. The molecule has 4 aliphatic rings. The zero-order chi connectivity index (χ0) is 16.7. The largest absolute Gasteiger partial charge is 0.491 e. The van der Waals surface area contributed by atoms with Crippen LogP contribution in [0, 0.1) is 17.8 Å². The van der Waals surface area contributed by atoms with Crippen molar-refractivity contribution in [3.8, 4) is 5.75 Å². The second-order valence-electron chi connectivity index (χ2n) is 8.52. The smallest absolute Gasteiger partial charge is 0.251 e. The van der Waals surface area contributed by atoms with Gasteiger partial charge in [-0.3, -0.25) is 4.79 Å². The van der Waals surface area contributed by atoms with E-state index >= 15 is 0 Å². The molecule has 4 bridgehead atoms. The summed E-state index contributed by atoms with van der Waals surface area (Å²) in [5, 5.41) is 3.44. The van der Waals surface area contributed by atoms with Crippen molar-refractivity contribution in [1.82, 2.24) is 5.32 Å². The summed E-state index contributed by atoms with van der Waals surface area (Å²) in [5.41, 5.74) is 0.797. The van der Waals surface area contributed by atoms with Crippen molar-refractivity contribution in [2.45, 2.75) is 70.4 Å². The third-order valence-electron chi connectivity index (χ3n) is 6.43. The second-order valence-corrected chi connectivity index (χ2v) is 8.52. The lowest BCUT2D eigenvalue weighted by atomic mass is 9.53. The molecule has 3 heteroatoms.